The number of benzene rings is 1. The molecule has 0 aliphatic carbocycles. The van der Waals surface area contributed by atoms with Crippen LogP contribution in [-0.2, 0) is 17.5 Å². The summed E-state index contributed by atoms with van der Waals surface area (Å²) in [5.41, 5.74) is -0.746. The molecule has 1 aromatic carbocycles. The number of ether oxygens (including phenoxy) is 1. The van der Waals surface area contributed by atoms with Crippen LogP contribution < -0.4 is 15.4 Å². The van der Waals surface area contributed by atoms with Gasteiger partial charge >= 0.3 is 6.18 Å². The first-order valence-electron chi connectivity index (χ1n) is 7.56. The number of halogens is 3. The highest BCUT2D eigenvalue weighted by molar-refractivity contribution is 5.78. The van der Waals surface area contributed by atoms with Crippen molar-refractivity contribution in [3.05, 3.63) is 29.3 Å². The van der Waals surface area contributed by atoms with Crippen LogP contribution in [0.4, 0.5) is 13.2 Å². The Labute approximate surface area is 133 Å². The summed E-state index contributed by atoms with van der Waals surface area (Å²) in [6.07, 6.45) is -3.09. The van der Waals surface area contributed by atoms with E-state index < -0.39 is 11.7 Å². The lowest BCUT2D eigenvalue weighted by molar-refractivity contribution is -0.138. The number of nitrogens with one attached hydrogen (secondary N) is 2. The zero-order valence-electron chi connectivity index (χ0n) is 13.2. The number of piperidine rings is 1. The van der Waals surface area contributed by atoms with E-state index in [9.17, 15) is 18.0 Å². The molecule has 128 valence electrons. The Morgan fingerprint density at radius 1 is 1.43 bits per heavy atom. The molecule has 0 saturated carbocycles. The molecular weight excluding hydrogens is 309 g/mol. The molecular formula is C16H21F3N2O2. The monoisotopic (exact) mass is 330 g/mol. The molecule has 1 aliphatic heterocycles. The fourth-order valence-electron chi connectivity index (χ4n) is 2.80. The van der Waals surface area contributed by atoms with Crippen molar-refractivity contribution in [3.8, 4) is 5.75 Å². The minimum absolute atomic E-state index is 0.0358. The molecule has 1 aromatic rings. The van der Waals surface area contributed by atoms with Crippen molar-refractivity contribution in [1.29, 1.82) is 0 Å². The summed E-state index contributed by atoms with van der Waals surface area (Å²) in [5.74, 6) is -0.208. The van der Waals surface area contributed by atoms with Gasteiger partial charge in [0.05, 0.1) is 12.7 Å². The lowest BCUT2D eigenvalue weighted by Gasteiger charge is -2.27. The quantitative estimate of drug-likeness (QED) is 0.892. The Hall–Kier alpha value is -1.76. The Bertz CT molecular complexity index is 561. The highest BCUT2D eigenvalue weighted by Crippen LogP contribution is 2.34. The first-order chi connectivity index (χ1) is 10.8. The van der Waals surface area contributed by atoms with Crippen LogP contribution in [0, 0.1) is 5.92 Å². The van der Waals surface area contributed by atoms with E-state index in [1.165, 1.54) is 19.2 Å². The van der Waals surface area contributed by atoms with Gasteiger partial charge in [0, 0.05) is 18.5 Å². The summed E-state index contributed by atoms with van der Waals surface area (Å²) in [6, 6.07) is 4.00. The van der Waals surface area contributed by atoms with Crippen LogP contribution in [0.25, 0.3) is 0 Å². The van der Waals surface area contributed by atoms with Crippen LogP contribution >= 0.6 is 0 Å². The molecule has 1 amide bonds. The van der Waals surface area contributed by atoms with Crippen LogP contribution in [0.5, 0.6) is 5.75 Å². The van der Waals surface area contributed by atoms with Crippen molar-refractivity contribution >= 4 is 5.91 Å². The molecule has 2 N–H and O–H groups in total. The first kappa shape index (κ1) is 17.6. The molecule has 0 bridgehead atoms. The number of hydrogen-bond acceptors (Lipinski definition) is 3. The van der Waals surface area contributed by atoms with Gasteiger partial charge < -0.3 is 15.4 Å². The highest BCUT2D eigenvalue weighted by atomic mass is 19.4. The van der Waals surface area contributed by atoms with Gasteiger partial charge in [-0.3, -0.25) is 4.79 Å². The lowest BCUT2D eigenvalue weighted by atomic mass is 9.92. The Morgan fingerprint density at radius 3 is 2.78 bits per heavy atom. The first-order valence-corrected chi connectivity index (χ1v) is 7.56. The second-order valence-electron chi connectivity index (χ2n) is 5.82. The average Bonchev–Trinajstić information content (AvgIpc) is 2.51. The number of alkyl halides is 3. The van der Waals surface area contributed by atoms with Gasteiger partial charge in [-0.15, -0.1) is 0 Å². The molecule has 1 heterocycles. The summed E-state index contributed by atoms with van der Waals surface area (Å²) >= 11 is 0. The SMILES string of the molecule is COc1ccc(CNC(=O)[C@H]2CCN[C@@H](C)C2)c(C(F)(F)F)c1. The molecule has 4 nitrogen and oxygen atoms in total. The minimum Gasteiger partial charge on any atom is -0.497 e. The molecule has 1 aliphatic rings. The van der Waals surface area contributed by atoms with Crippen LogP contribution in [0.1, 0.15) is 30.9 Å². The third kappa shape index (κ3) is 4.60. The van der Waals surface area contributed by atoms with Crippen molar-refractivity contribution in [2.45, 2.75) is 38.5 Å². The second-order valence-corrected chi connectivity index (χ2v) is 5.82. The van der Waals surface area contributed by atoms with E-state index in [2.05, 4.69) is 10.6 Å². The number of hydrogen-bond donors (Lipinski definition) is 2. The van der Waals surface area contributed by atoms with Gasteiger partial charge in [-0.1, -0.05) is 6.07 Å². The van der Waals surface area contributed by atoms with Gasteiger partial charge in [-0.05, 0) is 44.0 Å². The lowest BCUT2D eigenvalue weighted by Crippen LogP contribution is -2.42. The maximum absolute atomic E-state index is 13.1. The van der Waals surface area contributed by atoms with Crippen molar-refractivity contribution in [1.82, 2.24) is 10.6 Å². The smallest absolute Gasteiger partial charge is 0.416 e. The van der Waals surface area contributed by atoms with Crippen molar-refractivity contribution in [2.24, 2.45) is 5.92 Å². The maximum Gasteiger partial charge on any atom is 0.416 e. The molecule has 7 heteroatoms. The van der Waals surface area contributed by atoms with Crippen molar-refractivity contribution < 1.29 is 22.7 Å². The van der Waals surface area contributed by atoms with E-state index in [1.807, 2.05) is 6.92 Å². The molecule has 0 unspecified atom stereocenters. The zero-order valence-corrected chi connectivity index (χ0v) is 13.2. The number of amides is 1. The molecule has 2 atom stereocenters. The van der Waals surface area contributed by atoms with Gasteiger partial charge in [-0.2, -0.15) is 13.2 Å². The summed E-state index contributed by atoms with van der Waals surface area (Å²) in [6.45, 7) is 2.59. The number of rotatable bonds is 4. The predicted octanol–water partition coefficient (Wildman–Crippen LogP) is 2.72. The molecule has 0 aromatic heterocycles. The topological polar surface area (TPSA) is 50.4 Å². The summed E-state index contributed by atoms with van der Waals surface area (Å²) in [5, 5.41) is 5.87. The third-order valence-corrected chi connectivity index (χ3v) is 4.07. The van der Waals surface area contributed by atoms with Gasteiger partial charge in [0.2, 0.25) is 5.91 Å². The zero-order chi connectivity index (χ0) is 17.0. The van der Waals surface area contributed by atoms with Crippen molar-refractivity contribution in [2.75, 3.05) is 13.7 Å². The van der Waals surface area contributed by atoms with Gasteiger partial charge in [0.25, 0.3) is 0 Å². The average molecular weight is 330 g/mol. The fraction of sp³-hybridized carbons (Fsp3) is 0.562. The molecule has 0 radical (unpaired) electrons. The molecule has 1 saturated heterocycles. The maximum atomic E-state index is 13.1. The van der Waals surface area contributed by atoms with Crippen LogP contribution in [0.15, 0.2) is 18.2 Å². The largest absolute Gasteiger partial charge is 0.497 e. The number of carbonyl (C=O) groups is 1. The van der Waals surface area contributed by atoms with E-state index in [0.29, 0.717) is 12.8 Å². The highest BCUT2D eigenvalue weighted by Gasteiger charge is 2.34. The minimum atomic E-state index is -4.49. The normalized spacial score (nSPS) is 21.8. The van der Waals surface area contributed by atoms with Gasteiger partial charge in [-0.25, -0.2) is 0 Å². The van der Waals surface area contributed by atoms with Crippen molar-refractivity contribution in [3.63, 3.8) is 0 Å². The molecule has 2 rings (SSSR count). The second kappa shape index (κ2) is 7.21. The Morgan fingerprint density at radius 2 is 2.17 bits per heavy atom. The van der Waals surface area contributed by atoms with E-state index in [1.54, 1.807) is 0 Å². The van der Waals surface area contributed by atoms with E-state index in [0.717, 1.165) is 12.6 Å². The van der Waals surface area contributed by atoms with E-state index in [-0.39, 0.29) is 35.7 Å². The standard InChI is InChI=1S/C16H21F3N2O2/c1-10-7-11(5-6-20-10)15(22)21-9-12-3-4-13(23-2)8-14(12)16(17,18)19/h3-4,8,10-11,20H,5-7,9H2,1-2H3,(H,21,22)/t10-,11-/m0/s1. The Kier molecular flexibility index (Phi) is 5.51. The third-order valence-electron chi connectivity index (χ3n) is 4.07. The van der Waals surface area contributed by atoms with Crippen LogP contribution in [0.3, 0.4) is 0 Å². The van der Waals surface area contributed by atoms with Crippen LogP contribution in [0.2, 0.25) is 0 Å². The van der Waals surface area contributed by atoms with Crippen LogP contribution in [-0.4, -0.2) is 25.6 Å². The predicted molar refractivity (Wildman–Crippen MR) is 80.0 cm³/mol. The molecule has 0 spiro atoms. The van der Waals surface area contributed by atoms with E-state index >= 15 is 0 Å². The van der Waals surface area contributed by atoms with Gasteiger partial charge in [0.1, 0.15) is 5.75 Å². The van der Waals surface area contributed by atoms with Gasteiger partial charge in [0.15, 0.2) is 0 Å². The number of carbonyl (C=O) groups excluding carboxylic acids is 1. The molecule has 1 fully saturated rings. The number of methoxy groups -OCH3 is 1. The van der Waals surface area contributed by atoms with E-state index in [4.69, 9.17) is 4.74 Å². The fourth-order valence-corrected chi connectivity index (χ4v) is 2.80. The molecule has 23 heavy (non-hydrogen) atoms. The summed E-state index contributed by atoms with van der Waals surface area (Å²) in [4.78, 5) is 12.2. The summed E-state index contributed by atoms with van der Waals surface area (Å²) in [7, 11) is 1.31. The summed E-state index contributed by atoms with van der Waals surface area (Å²) < 4.78 is 44.2. The Balaban J connectivity index is 2.06.